The van der Waals surface area contributed by atoms with Gasteiger partial charge in [-0.3, -0.25) is 9.69 Å². The van der Waals surface area contributed by atoms with Gasteiger partial charge in [0, 0.05) is 32.6 Å². The molecule has 54 heavy (non-hydrogen) atoms. The summed E-state index contributed by atoms with van der Waals surface area (Å²) in [6.07, 6.45) is 3.64. The molecule has 0 bridgehead atoms. The second kappa shape index (κ2) is 15.7. The summed E-state index contributed by atoms with van der Waals surface area (Å²) in [6.45, 7) is 3.48. The van der Waals surface area contributed by atoms with Crippen molar-refractivity contribution in [1.29, 1.82) is 0 Å². The van der Waals surface area contributed by atoms with Crippen LogP contribution in [0.25, 0.3) is 20.5 Å². The number of carbonyl (C=O) groups excluding carboxylic acids is 1. The van der Waals surface area contributed by atoms with Crippen molar-refractivity contribution >= 4 is 47.4 Å². The summed E-state index contributed by atoms with van der Waals surface area (Å²) in [4.78, 5) is 16.7. The lowest BCUT2D eigenvalue weighted by Gasteiger charge is -2.26. The van der Waals surface area contributed by atoms with Crippen LogP contribution in [0, 0.1) is 11.6 Å². The number of piperidine rings is 1. The van der Waals surface area contributed by atoms with Crippen LogP contribution in [0.5, 0.6) is 17.2 Å². The van der Waals surface area contributed by atoms with E-state index in [0.29, 0.717) is 44.0 Å². The number of ether oxygens (including phenoxy) is 1. The minimum atomic E-state index is -4.30. The highest BCUT2D eigenvalue weighted by Crippen LogP contribution is 2.42. The molecule has 6 aromatic rings. The molecule has 0 atom stereocenters. The maximum atomic E-state index is 14.3. The summed E-state index contributed by atoms with van der Waals surface area (Å²) in [5.41, 5.74) is 1.29. The van der Waals surface area contributed by atoms with Crippen LogP contribution >= 0.6 is 11.3 Å². The Morgan fingerprint density at radius 3 is 1.78 bits per heavy atom. The predicted octanol–water partition coefficient (Wildman–Crippen LogP) is 8.48. The monoisotopic (exact) mass is 789 g/mol. The highest BCUT2D eigenvalue weighted by molar-refractivity contribution is 7.87. The standard InChI is InChI=1S/C40H33F2NO8S3/c41-29-8-17-34(18-9-29)53(45,46)50-32-14-6-28(7-15-32)40-38(39(44)27-4-12-31(13-5-27)49-25-24-43-22-2-1-3-23-43)36-21-16-33(26-37(36)52-40)51-54(47,48)35-19-10-30(42)11-20-35/h4-21,26H,1-3,22-25H2. The molecule has 5 aromatic carbocycles. The third-order valence-corrected chi connectivity index (χ3v) is 12.6. The fourth-order valence-corrected chi connectivity index (χ4v) is 9.18. The van der Waals surface area contributed by atoms with Gasteiger partial charge in [0.05, 0.1) is 0 Å². The van der Waals surface area contributed by atoms with Gasteiger partial charge in [-0.15, -0.1) is 11.3 Å². The largest absolute Gasteiger partial charge is 0.492 e. The lowest BCUT2D eigenvalue weighted by molar-refractivity contribution is 0.104. The summed E-state index contributed by atoms with van der Waals surface area (Å²) in [5.74, 6) is -0.873. The quantitative estimate of drug-likeness (QED) is 0.0840. The van der Waals surface area contributed by atoms with Crippen molar-refractivity contribution in [3.8, 4) is 27.7 Å². The van der Waals surface area contributed by atoms with Crippen molar-refractivity contribution in [2.75, 3.05) is 26.2 Å². The summed E-state index contributed by atoms with van der Waals surface area (Å²) in [6, 6.07) is 26.0. The normalized spacial score (nSPS) is 13.8. The number of hydrogen-bond donors (Lipinski definition) is 0. The minimum absolute atomic E-state index is 0.00498. The molecule has 0 amide bonds. The Balaban J connectivity index is 1.18. The maximum absolute atomic E-state index is 14.3. The molecule has 1 aromatic heterocycles. The molecular formula is C40H33F2NO8S3. The average molecular weight is 790 g/mol. The highest BCUT2D eigenvalue weighted by Gasteiger charge is 2.24. The van der Waals surface area contributed by atoms with E-state index in [0.717, 1.165) is 68.2 Å². The lowest BCUT2D eigenvalue weighted by Crippen LogP contribution is -2.33. The molecule has 0 spiro atoms. The number of ketones is 1. The van der Waals surface area contributed by atoms with Crippen LogP contribution in [-0.4, -0.2) is 53.8 Å². The molecule has 0 unspecified atom stereocenters. The van der Waals surface area contributed by atoms with Crippen molar-refractivity contribution in [3.63, 3.8) is 0 Å². The SMILES string of the molecule is O=C(c1ccc(OCCN2CCCCC2)cc1)c1c(-c2ccc(OS(=O)(=O)c3ccc(F)cc3)cc2)sc2cc(OS(=O)(=O)c3ccc(F)cc3)ccc12. The fourth-order valence-electron chi connectivity index (χ4n) is 6.09. The van der Waals surface area contributed by atoms with E-state index < -0.39 is 31.9 Å². The van der Waals surface area contributed by atoms with Gasteiger partial charge in [-0.2, -0.15) is 16.8 Å². The van der Waals surface area contributed by atoms with Gasteiger partial charge < -0.3 is 13.1 Å². The number of rotatable bonds is 13. The van der Waals surface area contributed by atoms with Gasteiger partial charge in [0.2, 0.25) is 0 Å². The summed E-state index contributed by atoms with van der Waals surface area (Å²) >= 11 is 1.21. The Morgan fingerprint density at radius 1 is 0.648 bits per heavy atom. The number of fused-ring (bicyclic) bond motifs is 1. The number of likely N-dealkylation sites (tertiary alicyclic amines) is 1. The molecular weight excluding hydrogens is 757 g/mol. The molecule has 0 N–H and O–H groups in total. The highest BCUT2D eigenvalue weighted by atomic mass is 32.2. The Labute approximate surface area is 315 Å². The molecule has 0 aliphatic carbocycles. The molecule has 278 valence electrons. The predicted molar refractivity (Wildman–Crippen MR) is 201 cm³/mol. The van der Waals surface area contributed by atoms with E-state index in [1.165, 1.54) is 54.9 Å². The second-order valence-electron chi connectivity index (χ2n) is 12.6. The number of carbonyl (C=O) groups is 1. The van der Waals surface area contributed by atoms with Gasteiger partial charge in [0.25, 0.3) is 0 Å². The number of hydrogen-bond acceptors (Lipinski definition) is 10. The molecule has 14 heteroatoms. The van der Waals surface area contributed by atoms with E-state index in [9.17, 15) is 30.4 Å². The molecule has 7 rings (SSSR count). The van der Waals surface area contributed by atoms with Gasteiger partial charge >= 0.3 is 20.2 Å². The first-order valence-electron chi connectivity index (χ1n) is 17.0. The summed E-state index contributed by atoms with van der Waals surface area (Å²) in [7, 11) is -8.55. The van der Waals surface area contributed by atoms with Crippen molar-refractivity contribution in [1.82, 2.24) is 4.90 Å². The number of halogens is 2. The van der Waals surface area contributed by atoms with E-state index in [1.54, 1.807) is 42.5 Å². The van der Waals surface area contributed by atoms with Crippen LogP contribution in [0.2, 0.25) is 0 Å². The lowest BCUT2D eigenvalue weighted by atomic mass is 9.97. The topological polar surface area (TPSA) is 116 Å². The van der Waals surface area contributed by atoms with E-state index in [2.05, 4.69) is 4.90 Å². The van der Waals surface area contributed by atoms with Gasteiger partial charge in [-0.25, -0.2) is 8.78 Å². The third-order valence-electron chi connectivity index (χ3n) is 8.86. The van der Waals surface area contributed by atoms with E-state index in [4.69, 9.17) is 13.1 Å². The smallest absolute Gasteiger partial charge is 0.339 e. The maximum Gasteiger partial charge on any atom is 0.339 e. The third kappa shape index (κ3) is 8.47. The molecule has 1 aliphatic rings. The van der Waals surface area contributed by atoms with Crippen molar-refractivity contribution < 1.29 is 43.5 Å². The number of nitrogens with zero attached hydrogens (tertiary/aromatic N) is 1. The van der Waals surface area contributed by atoms with Crippen LogP contribution in [0.4, 0.5) is 8.78 Å². The van der Waals surface area contributed by atoms with Gasteiger partial charge in [0.15, 0.2) is 5.78 Å². The average Bonchev–Trinajstić information content (AvgIpc) is 3.54. The number of thiophene rings is 1. The first-order chi connectivity index (χ1) is 25.9. The first kappa shape index (κ1) is 37.2. The molecule has 0 saturated carbocycles. The Hall–Kier alpha value is -5.15. The van der Waals surface area contributed by atoms with Crippen LogP contribution in [0.1, 0.15) is 35.2 Å². The van der Waals surface area contributed by atoms with Crippen LogP contribution in [0.15, 0.2) is 125 Å². The fraction of sp³-hybridized carbons (Fsp3) is 0.175. The van der Waals surface area contributed by atoms with Crippen LogP contribution in [0.3, 0.4) is 0 Å². The van der Waals surface area contributed by atoms with Gasteiger partial charge in [-0.05, 0) is 147 Å². The summed E-state index contributed by atoms with van der Waals surface area (Å²) < 4.78 is 95.5. The molecule has 1 aliphatic heterocycles. The van der Waals surface area contributed by atoms with E-state index in [1.807, 2.05) is 0 Å². The first-order valence-corrected chi connectivity index (χ1v) is 20.7. The summed E-state index contributed by atoms with van der Waals surface area (Å²) in [5, 5.41) is 0.535. The molecule has 2 heterocycles. The van der Waals surface area contributed by atoms with Crippen molar-refractivity contribution in [2.45, 2.75) is 29.1 Å². The Kier molecular flexibility index (Phi) is 10.8. The molecule has 1 fully saturated rings. The van der Waals surface area contributed by atoms with Gasteiger partial charge in [-0.1, -0.05) is 6.42 Å². The van der Waals surface area contributed by atoms with E-state index in [-0.39, 0.29) is 27.1 Å². The van der Waals surface area contributed by atoms with Crippen LogP contribution < -0.4 is 13.1 Å². The van der Waals surface area contributed by atoms with Crippen molar-refractivity contribution in [2.24, 2.45) is 0 Å². The Morgan fingerprint density at radius 2 is 1.19 bits per heavy atom. The number of benzene rings is 5. The zero-order valence-corrected chi connectivity index (χ0v) is 31.1. The zero-order valence-electron chi connectivity index (χ0n) is 28.6. The van der Waals surface area contributed by atoms with E-state index >= 15 is 0 Å². The van der Waals surface area contributed by atoms with Crippen molar-refractivity contribution in [3.05, 3.63) is 138 Å². The van der Waals surface area contributed by atoms with Gasteiger partial charge in [0.1, 0.15) is 45.3 Å². The minimum Gasteiger partial charge on any atom is -0.492 e. The Bertz CT molecular complexity index is 2500. The molecule has 0 radical (unpaired) electrons. The molecule has 9 nitrogen and oxygen atoms in total. The second-order valence-corrected chi connectivity index (χ2v) is 16.7. The zero-order chi connectivity index (χ0) is 37.9. The van der Waals surface area contributed by atoms with Crippen LogP contribution in [-0.2, 0) is 20.2 Å². The molecule has 1 saturated heterocycles.